The highest BCUT2D eigenvalue weighted by Gasteiger charge is 2.05. The van der Waals surface area contributed by atoms with Crippen LogP contribution in [-0.2, 0) is 4.79 Å². The van der Waals surface area contributed by atoms with E-state index in [1.807, 2.05) is 31.2 Å². The van der Waals surface area contributed by atoms with Gasteiger partial charge in [-0.15, -0.1) is 0 Å². The zero-order valence-corrected chi connectivity index (χ0v) is 8.23. The quantitative estimate of drug-likeness (QED) is 0.737. The molecule has 1 aromatic carbocycles. The van der Waals surface area contributed by atoms with Gasteiger partial charge in [-0.25, -0.2) is 0 Å². The van der Waals surface area contributed by atoms with Crippen LogP contribution in [0.2, 0.25) is 0 Å². The zero-order valence-electron chi connectivity index (χ0n) is 8.23. The maximum atomic E-state index is 10.6. The number of aliphatic hydroxyl groups excluding tert-OH is 1. The van der Waals surface area contributed by atoms with Gasteiger partial charge in [0, 0.05) is 5.92 Å². The first-order valence-corrected chi connectivity index (χ1v) is 4.53. The summed E-state index contributed by atoms with van der Waals surface area (Å²) in [6, 6.07) is 7.52. The van der Waals surface area contributed by atoms with Gasteiger partial charge in [0.25, 0.3) is 0 Å². The van der Waals surface area contributed by atoms with Crippen LogP contribution in [0.15, 0.2) is 30.8 Å². The fourth-order valence-electron chi connectivity index (χ4n) is 1.21. The van der Waals surface area contributed by atoms with Gasteiger partial charge in [0.1, 0.15) is 6.29 Å². The van der Waals surface area contributed by atoms with E-state index in [0.717, 1.165) is 17.4 Å². The summed E-state index contributed by atoms with van der Waals surface area (Å²) in [6.45, 7) is 5.52. The van der Waals surface area contributed by atoms with Crippen LogP contribution in [-0.4, -0.2) is 18.0 Å². The third-order valence-corrected chi connectivity index (χ3v) is 2.22. The molecule has 0 saturated heterocycles. The predicted octanol–water partition coefficient (Wildman–Crippen LogP) is 1.99. The van der Waals surface area contributed by atoms with Gasteiger partial charge in [-0.2, -0.15) is 0 Å². The van der Waals surface area contributed by atoms with Gasteiger partial charge in [0.15, 0.2) is 0 Å². The summed E-state index contributed by atoms with van der Waals surface area (Å²) in [4.78, 5) is 10.6. The van der Waals surface area contributed by atoms with Gasteiger partial charge in [0.2, 0.25) is 0 Å². The van der Waals surface area contributed by atoms with Gasteiger partial charge in [-0.3, -0.25) is 0 Å². The molecule has 0 aromatic heterocycles. The fourth-order valence-corrected chi connectivity index (χ4v) is 1.21. The SMILES string of the molecule is C=C(CO)c1cccc(C(C)C=O)c1. The lowest BCUT2D eigenvalue weighted by Gasteiger charge is -2.07. The standard InChI is InChI=1S/C12H14O2/c1-9(7-13)11-4-3-5-12(6-11)10(2)8-14/h3-6,8,10,13H,1,7H2,2H3. The van der Waals surface area contributed by atoms with Gasteiger partial charge in [-0.1, -0.05) is 37.8 Å². The Hall–Kier alpha value is -1.41. The maximum absolute atomic E-state index is 10.6. The van der Waals surface area contributed by atoms with Crippen LogP contribution in [0.1, 0.15) is 24.0 Å². The van der Waals surface area contributed by atoms with E-state index in [1.54, 1.807) is 0 Å². The Kier molecular flexibility index (Phi) is 3.60. The Bertz CT molecular complexity index is 342. The van der Waals surface area contributed by atoms with Gasteiger partial charge < -0.3 is 9.90 Å². The van der Waals surface area contributed by atoms with Crippen molar-refractivity contribution in [3.05, 3.63) is 42.0 Å². The molecule has 2 heteroatoms. The van der Waals surface area contributed by atoms with Crippen LogP contribution in [0.4, 0.5) is 0 Å². The molecular formula is C12H14O2. The molecule has 14 heavy (non-hydrogen) atoms. The Morgan fingerprint density at radius 2 is 2.36 bits per heavy atom. The molecule has 2 nitrogen and oxygen atoms in total. The van der Waals surface area contributed by atoms with E-state index in [0.29, 0.717) is 5.57 Å². The molecule has 0 saturated carbocycles. The molecule has 0 radical (unpaired) electrons. The molecule has 1 aromatic rings. The zero-order chi connectivity index (χ0) is 10.6. The average Bonchev–Trinajstić information content (AvgIpc) is 2.27. The molecule has 0 bridgehead atoms. The van der Waals surface area contributed by atoms with E-state index >= 15 is 0 Å². The smallest absolute Gasteiger partial charge is 0.127 e. The highest BCUT2D eigenvalue weighted by molar-refractivity contribution is 5.67. The number of aliphatic hydroxyl groups is 1. The van der Waals surface area contributed by atoms with Crippen molar-refractivity contribution in [2.24, 2.45) is 0 Å². The summed E-state index contributed by atoms with van der Waals surface area (Å²) < 4.78 is 0. The molecule has 1 unspecified atom stereocenters. The van der Waals surface area contributed by atoms with Crippen LogP contribution in [0.5, 0.6) is 0 Å². The second-order valence-electron chi connectivity index (χ2n) is 3.31. The molecule has 1 rings (SSSR count). The fraction of sp³-hybridized carbons (Fsp3) is 0.250. The minimum atomic E-state index is -0.110. The van der Waals surface area contributed by atoms with Crippen LogP contribution in [0.25, 0.3) is 5.57 Å². The van der Waals surface area contributed by atoms with E-state index in [4.69, 9.17) is 5.11 Å². The number of aldehydes is 1. The largest absolute Gasteiger partial charge is 0.392 e. The Labute approximate surface area is 83.9 Å². The van der Waals surface area contributed by atoms with Crippen molar-refractivity contribution in [3.63, 3.8) is 0 Å². The van der Waals surface area contributed by atoms with E-state index in [1.165, 1.54) is 0 Å². The van der Waals surface area contributed by atoms with Crippen LogP contribution >= 0.6 is 0 Å². The van der Waals surface area contributed by atoms with Gasteiger partial charge in [0.05, 0.1) is 6.61 Å². The molecule has 0 fully saturated rings. The maximum Gasteiger partial charge on any atom is 0.127 e. The summed E-state index contributed by atoms with van der Waals surface area (Å²) in [6.07, 6.45) is 0.904. The van der Waals surface area contributed by atoms with Crippen molar-refractivity contribution in [1.29, 1.82) is 0 Å². The van der Waals surface area contributed by atoms with E-state index in [2.05, 4.69) is 6.58 Å². The van der Waals surface area contributed by atoms with Crippen molar-refractivity contribution in [3.8, 4) is 0 Å². The molecule has 0 aliphatic carbocycles. The normalized spacial score (nSPS) is 12.1. The summed E-state index contributed by atoms with van der Waals surface area (Å²) in [5.74, 6) is -0.110. The topological polar surface area (TPSA) is 37.3 Å². The number of benzene rings is 1. The first kappa shape index (κ1) is 10.7. The Balaban J connectivity index is 3.00. The third kappa shape index (κ3) is 2.30. The van der Waals surface area contributed by atoms with E-state index < -0.39 is 0 Å². The van der Waals surface area contributed by atoms with Crippen molar-refractivity contribution in [2.75, 3.05) is 6.61 Å². The minimum absolute atomic E-state index is 0.0566. The third-order valence-electron chi connectivity index (χ3n) is 2.22. The number of hydrogen-bond donors (Lipinski definition) is 1. The lowest BCUT2D eigenvalue weighted by molar-refractivity contribution is -0.108. The van der Waals surface area contributed by atoms with Crippen LogP contribution in [0.3, 0.4) is 0 Å². The molecule has 1 N–H and O–H groups in total. The number of rotatable bonds is 4. The molecule has 74 valence electrons. The summed E-state index contributed by atoms with van der Waals surface area (Å²) in [5, 5.41) is 8.91. The average molecular weight is 190 g/mol. The predicted molar refractivity (Wildman–Crippen MR) is 57.0 cm³/mol. The van der Waals surface area contributed by atoms with E-state index in [-0.39, 0.29) is 12.5 Å². The second-order valence-corrected chi connectivity index (χ2v) is 3.31. The Morgan fingerprint density at radius 3 is 2.93 bits per heavy atom. The van der Waals surface area contributed by atoms with E-state index in [9.17, 15) is 4.79 Å². The second kappa shape index (κ2) is 4.72. The summed E-state index contributed by atoms with van der Waals surface area (Å²) >= 11 is 0. The van der Waals surface area contributed by atoms with Crippen LogP contribution in [0, 0.1) is 0 Å². The van der Waals surface area contributed by atoms with Gasteiger partial charge in [-0.05, 0) is 16.7 Å². The van der Waals surface area contributed by atoms with Gasteiger partial charge >= 0.3 is 0 Å². The first-order chi connectivity index (χ1) is 6.69. The van der Waals surface area contributed by atoms with Crippen LogP contribution < -0.4 is 0 Å². The van der Waals surface area contributed by atoms with Crippen molar-refractivity contribution in [1.82, 2.24) is 0 Å². The van der Waals surface area contributed by atoms with Crippen molar-refractivity contribution in [2.45, 2.75) is 12.8 Å². The molecular weight excluding hydrogens is 176 g/mol. The Morgan fingerprint density at radius 1 is 1.64 bits per heavy atom. The monoisotopic (exact) mass is 190 g/mol. The molecule has 0 amide bonds. The first-order valence-electron chi connectivity index (χ1n) is 4.53. The number of carbonyl (C=O) groups is 1. The molecule has 0 spiro atoms. The minimum Gasteiger partial charge on any atom is -0.392 e. The number of carbonyl (C=O) groups excluding carboxylic acids is 1. The molecule has 0 aliphatic heterocycles. The lowest BCUT2D eigenvalue weighted by Crippen LogP contribution is -1.96. The number of hydrogen-bond acceptors (Lipinski definition) is 2. The highest BCUT2D eigenvalue weighted by Crippen LogP contribution is 2.18. The summed E-state index contributed by atoms with van der Waals surface area (Å²) in [7, 11) is 0. The van der Waals surface area contributed by atoms with Crippen molar-refractivity contribution < 1.29 is 9.90 Å². The van der Waals surface area contributed by atoms with Crippen molar-refractivity contribution >= 4 is 11.9 Å². The molecule has 1 atom stereocenters. The lowest BCUT2D eigenvalue weighted by atomic mass is 9.98. The summed E-state index contributed by atoms with van der Waals surface area (Å²) in [5.41, 5.74) is 2.51. The molecule has 0 aliphatic rings. The highest BCUT2D eigenvalue weighted by atomic mass is 16.3. The molecule has 0 heterocycles.